The summed E-state index contributed by atoms with van der Waals surface area (Å²) in [5.41, 5.74) is -2.79. The van der Waals surface area contributed by atoms with Gasteiger partial charge in [-0.25, -0.2) is 4.98 Å². The van der Waals surface area contributed by atoms with Gasteiger partial charge in [0.05, 0.1) is 30.2 Å². The van der Waals surface area contributed by atoms with Crippen LogP contribution in [0.5, 0.6) is 5.75 Å². The van der Waals surface area contributed by atoms with E-state index in [1.807, 2.05) is 4.90 Å². The average molecular weight is 452 g/mol. The van der Waals surface area contributed by atoms with Crippen LogP contribution in [0.2, 0.25) is 0 Å². The minimum atomic E-state index is -4.72. The quantitative estimate of drug-likeness (QED) is 0.647. The molecule has 0 bridgehead atoms. The SMILES string of the molecule is C#CC(CC)NC(=O)c1c(O)c2cc(C(F)(F)F)cnc2n(CCN2CCOCC2)c1=O. The van der Waals surface area contributed by atoms with E-state index in [0.29, 0.717) is 51.5 Å². The Morgan fingerprint density at radius 3 is 2.66 bits per heavy atom. The lowest BCUT2D eigenvalue weighted by molar-refractivity contribution is -0.137. The number of hydrogen-bond acceptors (Lipinski definition) is 6. The van der Waals surface area contributed by atoms with E-state index in [0.717, 1.165) is 4.57 Å². The number of alkyl halides is 3. The molecule has 0 saturated carbocycles. The second-order valence-electron chi connectivity index (χ2n) is 7.33. The number of morpholine rings is 1. The Morgan fingerprint density at radius 1 is 1.38 bits per heavy atom. The average Bonchev–Trinajstić information content (AvgIpc) is 2.77. The molecule has 2 N–H and O–H groups in total. The normalized spacial score (nSPS) is 16.0. The molecule has 1 aliphatic heterocycles. The highest BCUT2D eigenvalue weighted by Crippen LogP contribution is 2.33. The number of aromatic nitrogens is 2. The van der Waals surface area contributed by atoms with E-state index in [9.17, 15) is 27.9 Å². The number of nitrogens with zero attached hydrogens (tertiary/aromatic N) is 3. The van der Waals surface area contributed by atoms with Gasteiger partial charge in [-0.2, -0.15) is 13.2 Å². The van der Waals surface area contributed by atoms with Gasteiger partial charge in [-0.3, -0.25) is 19.1 Å². The van der Waals surface area contributed by atoms with Crippen molar-refractivity contribution >= 4 is 16.9 Å². The Morgan fingerprint density at radius 2 is 2.06 bits per heavy atom. The van der Waals surface area contributed by atoms with E-state index >= 15 is 0 Å². The van der Waals surface area contributed by atoms with Gasteiger partial charge in [0, 0.05) is 32.4 Å². The molecule has 8 nitrogen and oxygen atoms in total. The van der Waals surface area contributed by atoms with Gasteiger partial charge in [0.2, 0.25) is 0 Å². The first-order valence-electron chi connectivity index (χ1n) is 10.1. The number of carbonyl (C=O) groups excluding carboxylic acids is 1. The second-order valence-corrected chi connectivity index (χ2v) is 7.33. The zero-order valence-electron chi connectivity index (χ0n) is 17.4. The summed E-state index contributed by atoms with van der Waals surface area (Å²) in [6.07, 6.45) is 1.58. The summed E-state index contributed by atoms with van der Waals surface area (Å²) >= 11 is 0. The highest BCUT2D eigenvalue weighted by Gasteiger charge is 2.33. The highest BCUT2D eigenvalue weighted by atomic mass is 19.4. The molecule has 32 heavy (non-hydrogen) atoms. The van der Waals surface area contributed by atoms with E-state index in [1.54, 1.807) is 6.92 Å². The maximum Gasteiger partial charge on any atom is 0.417 e. The lowest BCUT2D eigenvalue weighted by Gasteiger charge is -2.27. The molecule has 172 valence electrons. The molecule has 2 aromatic heterocycles. The molecule has 0 aromatic carbocycles. The number of ether oxygens (including phenoxy) is 1. The van der Waals surface area contributed by atoms with Crippen molar-refractivity contribution in [3.63, 3.8) is 0 Å². The third-order valence-electron chi connectivity index (χ3n) is 5.29. The molecule has 0 aliphatic carbocycles. The number of fused-ring (bicyclic) bond motifs is 1. The standard InChI is InChI=1S/C21H23F3N4O4/c1-3-14(4-2)26-19(30)16-17(29)15-11-13(21(22,23)24)12-25-18(15)28(20(16)31)6-5-27-7-9-32-10-8-27/h1,11-12,14,29H,4-10H2,2H3,(H,26,30). The number of carbonyl (C=O) groups is 1. The monoisotopic (exact) mass is 452 g/mol. The van der Waals surface area contributed by atoms with Crippen molar-refractivity contribution in [1.29, 1.82) is 0 Å². The van der Waals surface area contributed by atoms with Crippen LogP contribution < -0.4 is 10.9 Å². The van der Waals surface area contributed by atoms with Crippen molar-refractivity contribution in [2.24, 2.45) is 0 Å². The Hall–Kier alpha value is -3.10. The molecule has 1 saturated heterocycles. The molecular weight excluding hydrogens is 429 g/mol. The topological polar surface area (TPSA) is 96.7 Å². The van der Waals surface area contributed by atoms with Crippen molar-refractivity contribution in [2.75, 3.05) is 32.8 Å². The summed E-state index contributed by atoms with van der Waals surface area (Å²) in [7, 11) is 0. The van der Waals surface area contributed by atoms with Gasteiger partial charge < -0.3 is 15.2 Å². The summed E-state index contributed by atoms with van der Waals surface area (Å²) in [6, 6.07) is -0.0316. The predicted octanol–water partition coefficient (Wildman–Crippen LogP) is 1.59. The van der Waals surface area contributed by atoms with Crippen molar-refractivity contribution in [3.05, 3.63) is 33.7 Å². The number of halogens is 3. The zero-order chi connectivity index (χ0) is 23.5. The number of terminal acetylenes is 1. The first kappa shape index (κ1) is 23.6. The van der Waals surface area contributed by atoms with Crippen LogP contribution in [0.1, 0.15) is 29.3 Å². The van der Waals surface area contributed by atoms with Crippen LogP contribution in [0, 0.1) is 12.3 Å². The number of hydrogen-bond donors (Lipinski definition) is 2. The van der Waals surface area contributed by atoms with Gasteiger partial charge in [0.1, 0.15) is 17.0 Å². The third kappa shape index (κ3) is 4.87. The fraction of sp³-hybridized carbons (Fsp3) is 0.476. The molecular formula is C21H23F3N4O4. The number of rotatable bonds is 6. The summed E-state index contributed by atoms with van der Waals surface area (Å²) in [6.45, 7) is 4.46. The van der Waals surface area contributed by atoms with Gasteiger partial charge in [0.15, 0.2) is 0 Å². The number of nitrogens with one attached hydrogen (secondary N) is 1. The summed E-state index contributed by atoms with van der Waals surface area (Å²) in [4.78, 5) is 31.7. The third-order valence-corrected chi connectivity index (χ3v) is 5.29. The van der Waals surface area contributed by atoms with Gasteiger partial charge in [-0.15, -0.1) is 6.42 Å². The van der Waals surface area contributed by atoms with E-state index in [2.05, 4.69) is 16.2 Å². The number of pyridine rings is 2. The van der Waals surface area contributed by atoms with Crippen LogP contribution in [0.4, 0.5) is 13.2 Å². The summed E-state index contributed by atoms with van der Waals surface area (Å²) in [5, 5.41) is 12.7. The summed E-state index contributed by atoms with van der Waals surface area (Å²) in [5.74, 6) is 0.512. The smallest absolute Gasteiger partial charge is 0.417 e. The largest absolute Gasteiger partial charge is 0.506 e. The first-order chi connectivity index (χ1) is 15.2. The Bertz CT molecular complexity index is 1100. The van der Waals surface area contributed by atoms with Gasteiger partial charge in [-0.05, 0) is 12.5 Å². The van der Waals surface area contributed by atoms with Crippen LogP contribution in [-0.4, -0.2) is 64.4 Å². The van der Waals surface area contributed by atoms with E-state index in [-0.39, 0.29) is 17.6 Å². The Labute approximate surface area is 182 Å². The molecule has 11 heteroatoms. The van der Waals surface area contributed by atoms with Crippen LogP contribution in [0.3, 0.4) is 0 Å². The fourth-order valence-corrected chi connectivity index (χ4v) is 3.44. The number of amides is 1. The Balaban J connectivity index is 2.12. The minimum absolute atomic E-state index is 0.0562. The molecule has 1 atom stereocenters. The van der Waals surface area contributed by atoms with Crippen LogP contribution >= 0.6 is 0 Å². The van der Waals surface area contributed by atoms with Crippen LogP contribution in [0.25, 0.3) is 11.0 Å². The maximum absolute atomic E-state index is 13.2. The minimum Gasteiger partial charge on any atom is -0.506 e. The van der Waals surface area contributed by atoms with E-state index < -0.39 is 40.6 Å². The van der Waals surface area contributed by atoms with E-state index in [4.69, 9.17) is 11.2 Å². The molecule has 1 aliphatic rings. The molecule has 2 aromatic rings. The Kier molecular flexibility index (Phi) is 7.06. The molecule has 1 fully saturated rings. The lowest BCUT2D eigenvalue weighted by Crippen LogP contribution is -2.41. The van der Waals surface area contributed by atoms with Crippen molar-refractivity contribution in [3.8, 4) is 18.1 Å². The lowest BCUT2D eigenvalue weighted by atomic mass is 10.1. The van der Waals surface area contributed by atoms with Gasteiger partial charge in [0.25, 0.3) is 11.5 Å². The van der Waals surface area contributed by atoms with Crippen LogP contribution in [0.15, 0.2) is 17.1 Å². The van der Waals surface area contributed by atoms with Crippen molar-refractivity contribution in [1.82, 2.24) is 19.8 Å². The predicted molar refractivity (Wildman–Crippen MR) is 110 cm³/mol. The molecule has 1 amide bonds. The number of aromatic hydroxyl groups is 1. The van der Waals surface area contributed by atoms with Gasteiger partial charge in [-0.1, -0.05) is 12.8 Å². The fourth-order valence-electron chi connectivity index (χ4n) is 3.44. The van der Waals surface area contributed by atoms with Crippen LogP contribution in [-0.2, 0) is 17.5 Å². The second kappa shape index (κ2) is 9.58. The van der Waals surface area contributed by atoms with E-state index in [1.165, 1.54) is 0 Å². The van der Waals surface area contributed by atoms with Crippen molar-refractivity contribution in [2.45, 2.75) is 32.1 Å². The maximum atomic E-state index is 13.2. The molecule has 3 rings (SSSR count). The first-order valence-corrected chi connectivity index (χ1v) is 10.1. The van der Waals surface area contributed by atoms with Crippen molar-refractivity contribution < 1.29 is 27.8 Å². The zero-order valence-corrected chi connectivity index (χ0v) is 17.4. The molecule has 3 heterocycles. The summed E-state index contributed by atoms with van der Waals surface area (Å²) < 4.78 is 46.1. The molecule has 0 radical (unpaired) electrons. The molecule has 0 spiro atoms. The molecule has 1 unspecified atom stereocenters. The van der Waals surface area contributed by atoms with Gasteiger partial charge >= 0.3 is 6.18 Å². The highest BCUT2D eigenvalue weighted by molar-refractivity contribution is 6.02.